The van der Waals surface area contributed by atoms with Crippen LogP contribution >= 0.6 is 0 Å². The minimum absolute atomic E-state index is 0.0159. The van der Waals surface area contributed by atoms with Gasteiger partial charge in [0, 0.05) is 29.2 Å². The highest BCUT2D eigenvalue weighted by molar-refractivity contribution is 7.89. The minimum atomic E-state index is -3.76. The standard InChI is InChI=1S/C20H20N2O6S/c1-26-17-10-14(11-18(27-2)20(17)28-3)19(23)13-8-9-22(12-13)15-4-6-16(7-5-15)29(21,24)25/h4-12H,1-3H3,(H2,21,24,25). The van der Waals surface area contributed by atoms with Crippen molar-refractivity contribution in [3.63, 3.8) is 0 Å². The average molecular weight is 416 g/mol. The molecule has 9 heteroatoms. The molecule has 1 aromatic heterocycles. The van der Waals surface area contributed by atoms with Gasteiger partial charge in [0.05, 0.1) is 26.2 Å². The van der Waals surface area contributed by atoms with Gasteiger partial charge in [0.2, 0.25) is 15.8 Å². The zero-order valence-corrected chi connectivity index (χ0v) is 16.9. The number of primary sulfonamides is 1. The summed E-state index contributed by atoms with van der Waals surface area (Å²) in [6.45, 7) is 0. The molecule has 0 atom stereocenters. The fourth-order valence-corrected chi connectivity index (χ4v) is 3.39. The molecule has 2 aromatic carbocycles. The maximum Gasteiger partial charge on any atom is 0.238 e. The maximum atomic E-state index is 13.0. The van der Waals surface area contributed by atoms with E-state index in [0.29, 0.717) is 34.1 Å². The summed E-state index contributed by atoms with van der Waals surface area (Å²) in [6.07, 6.45) is 3.36. The molecular formula is C20H20N2O6S. The molecular weight excluding hydrogens is 396 g/mol. The molecule has 0 fully saturated rings. The number of nitrogens with zero attached hydrogens (tertiary/aromatic N) is 1. The van der Waals surface area contributed by atoms with Crippen LogP contribution in [0, 0.1) is 0 Å². The molecule has 29 heavy (non-hydrogen) atoms. The van der Waals surface area contributed by atoms with Crippen LogP contribution < -0.4 is 19.3 Å². The fraction of sp³-hybridized carbons (Fsp3) is 0.150. The Balaban J connectivity index is 1.93. The van der Waals surface area contributed by atoms with E-state index in [1.54, 1.807) is 47.3 Å². The van der Waals surface area contributed by atoms with Gasteiger partial charge in [0.25, 0.3) is 0 Å². The average Bonchev–Trinajstić information content (AvgIpc) is 3.21. The van der Waals surface area contributed by atoms with Crippen molar-refractivity contribution in [1.82, 2.24) is 4.57 Å². The van der Waals surface area contributed by atoms with E-state index in [-0.39, 0.29) is 10.7 Å². The van der Waals surface area contributed by atoms with Gasteiger partial charge in [-0.25, -0.2) is 13.6 Å². The monoisotopic (exact) mass is 416 g/mol. The number of carbonyl (C=O) groups is 1. The third-order valence-electron chi connectivity index (χ3n) is 4.35. The van der Waals surface area contributed by atoms with Crippen LogP contribution in [0.1, 0.15) is 15.9 Å². The molecule has 0 spiro atoms. The second-order valence-electron chi connectivity index (χ2n) is 6.09. The van der Waals surface area contributed by atoms with E-state index < -0.39 is 10.0 Å². The van der Waals surface area contributed by atoms with Crippen molar-refractivity contribution in [3.05, 3.63) is 66.0 Å². The maximum absolute atomic E-state index is 13.0. The van der Waals surface area contributed by atoms with Gasteiger partial charge in [0.1, 0.15) is 0 Å². The van der Waals surface area contributed by atoms with E-state index in [1.807, 2.05) is 0 Å². The Labute approximate surface area is 168 Å². The topological polar surface area (TPSA) is 110 Å². The summed E-state index contributed by atoms with van der Waals surface area (Å²) in [5.74, 6) is 0.935. The van der Waals surface area contributed by atoms with Gasteiger partial charge in [0.15, 0.2) is 17.3 Å². The number of carbonyl (C=O) groups excluding carboxylic acids is 1. The molecule has 0 aliphatic carbocycles. The fourth-order valence-electron chi connectivity index (χ4n) is 2.88. The molecule has 8 nitrogen and oxygen atoms in total. The molecule has 2 N–H and O–H groups in total. The van der Waals surface area contributed by atoms with Crippen molar-refractivity contribution in [2.24, 2.45) is 5.14 Å². The second-order valence-corrected chi connectivity index (χ2v) is 7.65. The second kappa shape index (κ2) is 7.98. The van der Waals surface area contributed by atoms with Gasteiger partial charge in [-0.1, -0.05) is 0 Å². The SMILES string of the molecule is COc1cc(C(=O)c2ccn(-c3ccc(S(N)(=O)=O)cc3)c2)cc(OC)c1OC. The number of nitrogens with two attached hydrogens (primary N) is 1. The van der Waals surface area contributed by atoms with E-state index in [4.69, 9.17) is 19.3 Å². The van der Waals surface area contributed by atoms with E-state index >= 15 is 0 Å². The van der Waals surface area contributed by atoms with E-state index in [0.717, 1.165) is 0 Å². The van der Waals surface area contributed by atoms with E-state index in [9.17, 15) is 13.2 Å². The first-order valence-electron chi connectivity index (χ1n) is 8.44. The molecule has 0 saturated heterocycles. The van der Waals surface area contributed by atoms with Crippen molar-refractivity contribution < 1.29 is 27.4 Å². The molecule has 1 heterocycles. The van der Waals surface area contributed by atoms with Crippen molar-refractivity contribution >= 4 is 15.8 Å². The first kappa shape index (κ1) is 20.4. The van der Waals surface area contributed by atoms with Gasteiger partial charge in [-0.05, 0) is 42.5 Å². The van der Waals surface area contributed by atoms with Gasteiger partial charge in [-0.3, -0.25) is 4.79 Å². The first-order chi connectivity index (χ1) is 13.8. The molecule has 0 unspecified atom stereocenters. The smallest absolute Gasteiger partial charge is 0.238 e. The number of hydrogen-bond acceptors (Lipinski definition) is 6. The van der Waals surface area contributed by atoms with Crippen molar-refractivity contribution in [2.75, 3.05) is 21.3 Å². The highest BCUT2D eigenvalue weighted by Gasteiger charge is 2.19. The van der Waals surface area contributed by atoms with Crippen molar-refractivity contribution in [2.45, 2.75) is 4.90 Å². The van der Waals surface area contributed by atoms with Crippen LogP contribution in [-0.4, -0.2) is 40.1 Å². The summed E-state index contributed by atoms with van der Waals surface area (Å²) in [5, 5.41) is 5.11. The highest BCUT2D eigenvalue weighted by Crippen LogP contribution is 2.38. The lowest BCUT2D eigenvalue weighted by Gasteiger charge is -2.13. The van der Waals surface area contributed by atoms with Crippen LogP contribution in [0.5, 0.6) is 17.2 Å². The van der Waals surface area contributed by atoms with Crippen LogP contribution in [0.3, 0.4) is 0 Å². The van der Waals surface area contributed by atoms with Crippen LogP contribution in [0.15, 0.2) is 59.8 Å². The predicted molar refractivity (Wildman–Crippen MR) is 107 cm³/mol. The zero-order valence-electron chi connectivity index (χ0n) is 16.1. The summed E-state index contributed by atoms with van der Waals surface area (Å²) >= 11 is 0. The van der Waals surface area contributed by atoms with Gasteiger partial charge in [-0.15, -0.1) is 0 Å². The first-order valence-corrected chi connectivity index (χ1v) is 9.99. The highest BCUT2D eigenvalue weighted by atomic mass is 32.2. The van der Waals surface area contributed by atoms with Crippen molar-refractivity contribution in [1.29, 1.82) is 0 Å². The van der Waals surface area contributed by atoms with Crippen molar-refractivity contribution in [3.8, 4) is 22.9 Å². The summed E-state index contributed by atoms with van der Waals surface area (Å²) < 4.78 is 40.3. The lowest BCUT2D eigenvalue weighted by molar-refractivity contribution is 0.103. The van der Waals surface area contributed by atoms with Gasteiger partial charge in [-0.2, -0.15) is 0 Å². The summed E-state index contributed by atoms with van der Waals surface area (Å²) in [4.78, 5) is 13.0. The Morgan fingerprint density at radius 2 is 1.48 bits per heavy atom. The van der Waals surface area contributed by atoms with Crippen LogP contribution in [-0.2, 0) is 10.0 Å². The molecule has 3 rings (SSSR count). The largest absolute Gasteiger partial charge is 0.493 e. The lowest BCUT2D eigenvalue weighted by Crippen LogP contribution is -2.11. The normalized spacial score (nSPS) is 11.2. The quantitative estimate of drug-likeness (QED) is 0.592. The van der Waals surface area contributed by atoms with Crippen LogP contribution in [0.2, 0.25) is 0 Å². The number of rotatable bonds is 7. The number of sulfonamides is 1. The van der Waals surface area contributed by atoms with Gasteiger partial charge < -0.3 is 18.8 Å². The third-order valence-corrected chi connectivity index (χ3v) is 5.27. The number of aromatic nitrogens is 1. The Morgan fingerprint density at radius 1 is 0.897 bits per heavy atom. The molecule has 3 aromatic rings. The number of ether oxygens (including phenoxy) is 3. The summed E-state index contributed by atoms with van der Waals surface area (Å²) in [6, 6.07) is 10.9. The van der Waals surface area contributed by atoms with E-state index in [1.165, 1.54) is 33.5 Å². The Hall–Kier alpha value is -3.30. The third kappa shape index (κ3) is 4.10. The van der Waals surface area contributed by atoms with Gasteiger partial charge >= 0.3 is 0 Å². The molecule has 0 radical (unpaired) electrons. The Bertz CT molecular complexity index is 1120. The van der Waals surface area contributed by atoms with Crippen LogP contribution in [0.25, 0.3) is 5.69 Å². The molecule has 0 aliphatic rings. The minimum Gasteiger partial charge on any atom is -0.493 e. The predicted octanol–water partition coefficient (Wildman–Crippen LogP) is 2.38. The molecule has 0 saturated carbocycles. The lowest BCUT2D eigenvalue weighted by atomic mass is 10.0. The Kier molecular flexibility index (Phi) is 5.62. The zero-order chi connectivity index (χ0) is 21.2. The number of hydrogen-bond donors (Lipinski definition) is 1. The van der Waals surface area contributed by atoms with Crippen LogP contribution in [0.4, 0.5) is 0 Å². The molecule has 0 bridgehead atoms. The number of methoxy groups -OCH3 is 3. The Morgan fingerprint density at radius 3 is 1.97 bits per heavy atom. The number of ketones is 1. The summed E-state index contributed by atoms with van der Waals surface area (Å²) in [5.41, 5.74) is 1.50. The van der Waals surface area contributed by atoms with E-state index in [2.05, 4.69) is 0 Å². The summed E-state index contributed by atoms with van der Waals surface area (Å²) in [7, 11) is 0.686. The molecule has 0 aliphatic heterocycles. The number of benzene rings is 2. The molecule has 152 valence electrons. The molecule has 0 amide bonds.